The van der Waals surface area contributed by atoms with Gasteiger partial charge in [-0.05, 0) is 45.4 Å². The first-order valence-corrected chi connectivity index (χ1v) is 10.2. The molecule has 0 aliphatic rings. The summed E-state index contributed by atoms with van der Waals surface area (Å²) in [7, 11) is 0. The van der Waals surface area contributed by atoms with Gasteiger partial charge >= 0.3 is 11.9 Å². The standard InChI is InChI=1S/C22H22N2O5S/c1-5-28-22(27)19-13(3)14(4)30-20(19)24-18(25)11-29-21(26)16-10-12(2)23-17-9-7-6-8-15(16)17/h6-10H,5,11H2,1-4H3,(H,24,25). The molecule has 0 atom stereocenters. The van der Waals surface area contributed by atoms with Gasteiger partial charge < -0.3 is 14.8 Å². The van der Waals surface area contributed by atoms with Gasteiger partial charge in [-0.15, -0.1) is 11.3 Å². The Morgan fingerprint density at radius 3 is 2.53 bits per heavy atom. The van der Waals surface area contributed by atoms with E-state index >= 15 is 0 Å². The number of para-hydroxylation sites is 1. The van der Waals surface area contributed by atoms with Crippen molar-refractivity contribution in [3.8, 4) is 0 Å². The van der Waals surface area contributed by atoms with Crippen LogP contribution >= 0.6 is 11.3 Å². The molecular formula is C22H22N2O5S. The number of thiophene rings is 1. The largest absolute Gasteiger partial charge is 0.462 e. The van der Waals surface area contributed by atoms with Crippen LogP contribution in [-0.2, 0) is 14.3 Å². The number of rotatable bonds is 6. The summed E-state index contributed by atoms with van der Waals surface area (Å²) in [6.45, 7) is 6.91. The molecular weight excluding hydrogens is 404 g/mol. The predicted octanol–water partition coefficient (Wildman–Crippen LogP) is 4.19. The van der Waals surface area contributed by atoms with Crippen molar-refractivity contribution in [2.24, 2.45) is 0 Å². The van der Waals surface area contributed by atoms with Crippen LogP contribution in [0.1, 0.15) is 43.8 Å². The molecule has 2 aromatic heterocycles. The minimum atomic E-state index is -0.615. The lowest BCUT2D eigenvalue weighted by atomic mass is 10.1. The summed E-state index contributed by atoms with van der Waals surface area (Å²) in [5, 5.41) is 3.70. The highest BCUT2D eigenvalue weighted by Gasteiger charge is 2.22. The Morgan fingerprint density at radius 1 is 1.07 bits per heavy atom. The summed E-state index contributed by atoms with van der Waals surface area (Å²) in [4.78, 5) is 42.5. The van der Waals surface area contributed by atoms with Crippen molar-refractivity contribution in [2.45, 2.75) is 27.7 Å². The Hall–Kier alpha value is -3.26. The van der Waals surface area contributed by atoms with Crippen molar-refractivity contribution in [1.29, 1.82) is 0 Å². The average Bonchev–Trinajstić information content (AvgIpc) is 2.98. The van der Waals surface area contributed by atoms with Crippen molar-refractivity contribution in [1.82, 2.24) is 4.98 Å². The fourth-order valence-corrected chi connectivity index (χ4v) is 4.08. The average molecular weight is 426 g/mol. The molecule has 1 amide bonds. The van der Waals surface area contributed by atoms with Crippen LogP contribution in [0.3, 0.4) is 0 Å². The molecule has 3 rings (SSSR count). The summed E-state index contributed by atoms with van der Waals surface area (Å²) in [6.07, 6.45) is 0. The highest BCUT2D eigenvalue weighted by molar-refractivity contribution is 7.16. The zero-order valence-electron chi connectivity index (χ0n) is 17.2. The molecule has 0 saturated carbocycles. The number of aromatic nitrogens is 1. The second-order valence-corrected chi connectivity index (χ2v) is 7.89. The Labute approximate surface area is 178 Å². The van der Waals surface area contributed by atoms with Gasteiger partial charge in [-0.2, -0.15) is 0 Å². The zero-order chi connectivity index (χ0) is 21.8. The summed E-state index contributed by atoms with van der Waals surface area (Å²) in [5.74, 6) is -1.65. The topological polar surface area (TPSA) is 94.6 Å². The van der Waals surface area contributed by atoms with Crippen molar-refractivity contribution in [2.75, 3.05) is 18.5 Å². The van der Waals surface area contributed by atoms with Crippen LogP contribution in [0.25, 0.3) is 10.9 Å². The second-order valence-electron chi connectivity index (χ2n) is 6.66. The number of hydrogen-bond donors (Lipinski definition) is 1. The Balaban J connectivity index is 1.72. The summed E-state index contributed by atoms with van der Waals surface area (Å²) in [6, 6.07) is 8.86. The van der Waals surface area contributed by atoms with Crippen molar-refractivity contribution in [3.63, 3.8) is 0 Å². The molecule has 0 radical (unpaired) electrons. The molecule has 3 aromatic rings. The number of carbonyl (C=O) groups is 3. The summed E-state index contributed by atoms with van der Waals surface area (Å²) in [5.41, 5.74) is 2.78. The molecule has 0 unspecified atom stereocenters. The van der Waals surface area contributed by atoms with E-state index in [4.69, 9.17) is 9.47 Å². The lowest BCUT2D eigenvalue weighted by molar-refractivity contribution is -0.119. The van der Waals surface area contributed by atoms with Gasteiger partial charge in [0.15, 0.2) is 6.61 Å². The van der Waals surface area contributed by atoms with Gasteiger partial charge in [0.1, 0.15) is 5.00 Å². The monoisotopic (exact) mass is 426 g/mol. The number of amides is 1. The predicted molar refractivity (Wildman–Crippen MR) is 115 cm³/mol. The number of hydrogen-bond acceptors (Lipinski definition) is 7. The number of fused-ring (bicyclic) bond motifs is 1. The van der Waals surface area contributed by atoms with E-state index in [2.05, 4.69) is 10.3 Å². The van der Waals surface area contributed by atoms with Gasteiger partial charge in [0.25, 0.3) is 5.91 Å². The second kappa shape index (κ2) is 9.04. The molecule has 0 fully saturated rings. The number of aryl methyl sites for hydroxylation is 2. The van der Waals surface area contributed by atoms with Crippen molar-refractivity contribution < 1.29 is 23.9 Å². The molecule has 2 heterocycles. The smallest absolute Gasteiger partial charge is 0.341 e. The number of benzene rings is 1. The van der Waals surface area contributed by atoms with Gasteiger partial charge in [0.2, 0.25) is 0 Å². The molecule has 156 valence electrons. The van der Waals surface area contributed by atoms with Crippen LogP contribution in [0.4, 0.5) is 5.00 Å². The molecule has 8 heteroatoms. The molecule has 0 aliphatic heterocycles. The van der Waals surface area contributed by atoms with E-state index in [0.29, 0.717) is 32.7 Å². The lowest BCUT2D eigenvalue weighted by Crippen LogP contribution is -2.22. The van der Waals surface area contributed by atoms with E-state index < -0.39 is 24.5 Å². The third kappa shape index (κ3) is 4.49. The maximum absolute atomic E-state index is 12.6. The molecule has 30 heavy (non-hydrogen) atoms. The van der Waals surface area contributed by atoms with Gasteiger partial charge in [-0.1, -0.05) is 18.2 Å². The van der Waals surface area contributed by atoms with E-state index in [0.717, 1.165) is 10.4 Å². The van der Waals surface area contributed by atoms with E-state index in [-0.39, 0.29) is 6.61 Å². The molecule has 0 bridgehead atoms. The number of ether oxygens (including phenoxy) is 2. The van der Waals surface area contributed by atoms with E-state index in [1.54, 1.807) is 39.0 Å². The number of nitrogens with zero attached hydrogens (tertiary/aromatic N) is 1. The zero-order valence-corrected chi connectivity index (χ0v) is 18.0. The number of nitrogens with one attached hydrogen (secondary N) is 1. The van der Waals surface area contributed by atoms with Crippen LogP contribution in [-0.4, -0.2) is 36.0 Å². The molecule has 0 saturated heterocycles. The molecule has 0 aliphatic carbocycles. The SMILES string of the molecule is CCOC(=O)c1c(NC(=O)COC(=O)c2cc(C)nc3ccccc23)sc(C)c1C. The third-order valence-corrected chi connectivity index (χ3v) is 5.64. The van der Waals surface area contributed by atoms with Crippen LogP contribution in [0.2, 0.25) is 0 Å². The highest BCUT2D eigenvalue weighted by atomic mass is 32.1. The molecule has 7 nitrogen and oxygen atoms in total. The molecule has 1 N–H and O–H groups in total. The Morgan fingerprint density at radius 2 is 1.80 bits per heavy atom. The van der Waals surface area contributed by atoms with E-state index in [1.165, 1.54) is 11.3 Å². The van der Waals surface area contributed by atoms with Gasteiger partial charge in [0.05, 0.1) is 23.3 Å². The number of esters is 2. The van der Waals surface area contributed by atoms with Crippen molar-refractivity contribution in [3.05, 3.63) is 57.6 Å². The van der Waals surface area contributed by atoms with Crippen LogP contribution in [0.15, 0.2) is 30.3 Å². The van der Waals surface area contributed by atoms with E-state index in [1.807, 2.05) is 19.1 Å². The molecule has 1 aromatic carbocycles. The lowest BCUT2D eigenvalue weighted by Gasteiger charge is -2.09. The van der Waals surface area contributed by atoms with E-state index in [9.17, 15) is 14.4 Å². The van der Waals surface area contributed by atoms with Gasteiger partial charge in [0, 0.05) is 16.0 Å². The Bertz CT molecular complexity index is 1140. The third-order valence-electron chi connectivity index (χ3n) is 4.52. The summed E-state index contributed by atoms with van der Waals surface area (Å²) >= 11 is 1.28. The number of pyridine rings is 1. The quantitative estimate of drug-likeness (QED) is 0.594. The van der Waals surface area contributed by atoms with Crippen molar-refractivity contribution >= 4 is 45.1 Å². The van der Waals surface area contributed by atoms with Crippen LogP contribution < -0.4 is 5.32 Å². The maximum atomic E-state index is 12.6. The highest BCUT2D eigenvalue weighted by Crippen LogP contribution is 2.33. The minimum Gasteiger partial charge on any atom is -0.462 e. The number of carbonyl (C=O) groups excluding carboxylic acids is 3. The van der Waals surface area contributed by atoms with Gasteiger partial charge in [-0.25, -0.2) is 9.59 Å². The number of anilines is 1. The maximum Gasteiger partial charge on any atom is 0.341 e. The first kappa shape index (κ1) is 21.4. The first-order chi connectivity index (χ1) is 14.3. The molecule has 0 spiro atoms. The van der Waals surface area contributed by atoms with Crippen LogP contribution in [0, 0.1) is 20.8 Å². The van der Waals surface area contributed by atoms with Gasteiger partial charge in [-0.3, -0.25) is 9.78 Å². The Kier molecular flexibility index (Phi) is 6.47. The summed E-state index contributed by atoms with van der Waals surface area (Å²) < 4.78 is 10.3. The normalized spacial score (nSPS) is 10.7. The first-order valence-electron chi connectivity index (χ1n) is 9.42. The van der Waals surface area contributed by atoms with Crippen LogP contribution in [0.5, 0.6) is 0 Å². The fourth-order valence-electron chi connectivity index (χ4n) is 3.01. The fraction of sp³-hybridized carbons (Fsp3) is 0.273. The minimum absolute atomic E-state index is 0.234.